The molecule has 28 heavy (non-hydrogen) atoms. The van der Waals surface area contributed by atoms with Gasteiger partial charge in [-0.2, -0.15) is 0 Å². The van der Waals surface area contributed by atoms with Gasteiger partial charge in [0.2, 0.25) is 0 Å². The molecule has 1 saturated carbocycles. The number of para-hydroxylation sites is 1. The maximum atomic E-state index is 13.6. The molecule has 4 amide bonds. The van der Waals surface area contributed by atoms with Gasteiger partial charge in [0.15, 0.2) is 6.10 Å². The molecule has 1 saturated heterocycles. The molecule has 10 heteroatoms. The number of rotatable bonds is 6. The first kappa shape index (κ1) is 19.7. The fraction of sp³-hybridized carbons (Fsp3) is 0.444. The highest BCUT2D eigenvalue weighted by atomic mass is 19.1. The van der Waals surface area contributed by atoms with E-state index in [9.17, 15) is 28.0 Å². The van der Waals surface area contributed by atoms with Crippen LogP contribution in [0.5, 0.6) is 0 Å². The third-order valence-corrected chi connectivity index (χ3v) is 4.87. The van der Waals surface area contributed by atoms with E-state index in [1.54, 1.807) is 6.92 Å². The van der Waals surface area contributed by atoms with Crippen molar-refractivity contribution in [2.75, 3.05) is 11.9 Å². The van der Waals surface area contributed by atoms with E-state index in [2.05, 4.69) is 5.32 Å². The van der Waals surface area contributed by atoms with Crippen LogP contribution in [0, 0.1) is 17.6 Å². The van der Waals surface area contributed by atoms with Crippen LogP contribution in [0.4, 0.5) is 19.3 Å². The summed E-state index contributed by atoms with van der Waals surface area (Å²) in [6.45, 7) is 2.14. The fourth-order valence-electron chi connectivity index (χ4n) is 3.06. The summed E-state index contributed by atoms with van der Waals surface area (Å²) >= 11 is 0. The lowest BCUT2D eigenvalue weighted by Crippen LogP contribution is -2.46. The van der Waals surface area contributed by atoms with Gasteiger partial charge in [-0.3, -0.25) is 19.3 Å². The van der Waals surface area contributed by atoms with Gasteiger partial charge in [0.1, 0.15) is 29.4 Å². The van der Waals surface area contributed by atoms with Crippen molar-refractivity contribution in [3.8, 4) is 0 Å². The van der Waals surface area contributed by atoms with E-state index in [4.69, 9.17) is 4.74 Å². The second-order valence-corrected chi connectivity index (χ2v) is 7.02. The van der Waals surface area contributed by atoms with E-state index in [0.29, 0.717) is 0 Å². The number of amides is 4. The molecular weight excluding hydrogens is 376 g/mol. The zero-order chi connectivity index (χ0) is 20.6. The van der Waals surface area contributed by atoms with E-state index in [1.807, 2.05) is 5.32 Å². The molecule has 1 aromatic carbocycles. The Morgan fingerprint density at radius 3 is 2.50 bits per heavy atom. The number of nitrogens with zero attached hydrogens (tertiary/aromatic N) is 1. The molecular formula is C18H19F2N3O5. The van der Waals surface area contributed by atoms with Gasteiger partial charge < -0.3 is 15.4 Å². The summed E-state index contributed by atoms with van der Waals surface area (Å²) in [7, 11) is 0. The molecule has 2 N–H and O–H groups in total. The minimum absolute atomic E-state index is 0.0327. The first-order chi connectivity index (χ1) is 13.1. The standard InChI is InChI=1S/C18H19F2N3O5/c1-9(15(25)21-14-11(19)4-3-5-12(14)20)28-13(24)8-23-16(26)18(2,10-6-7-10)22-17(23)27/h3-5,9-10H,6-8H2,1-2H3,(H,21,25)(H,22,27)/t9-,18+/m1/s1. The molecule has 0 radical (unpaired) electrons. The summed E-state index contributed by atoms with van der Waals surface area (Å²) in [4.78, 5) is 49.3. The zero-order valence-corrected chi connectivity index (χ0v) is 15.3. The van der Waals surface area contributed by atoms with Crippen LogP contribution in [-0.4, -0.2) is 46.9 Å². The molecule has 0 bridgehead atoms. The number of hydrogen-bond acceptors (Lipinski definition) is 5. The quantitative estimate of drug-likeness (QED) is 0.562. The van der Waals surface area contributed by atoms with E-state index in [-0.39, 0.29) is 5.92 Å². The van der Waals surface area contributed by atoms with Crippen LogP contribution in [0.25, 0.3) is 0 Å². The van der Waals surface area contributed by atoms with Gasteiger partial charge in [0.25, 0.3) is 11.8 Å². The summed E-state index contributed by atoms with van der Waals surface area (Å²) in [5, 5.41) is 4.59. The molecule has 8 nitrogen and oxygen atoms in total. The number of ether oxygens (including phenoxy) is 1. The van der Waals surface area contributed by atoms with Crippen molar-refractivity contribution >= 4 is 29.5 Å². The van der Waals surface area contributed by atoms with Crippen LogP contribution in [0.3, 0.4) is 0 Å². The minimum Gasteiger partial charge on any atom is -0.451 e. The number of urea groups is 1. The lowest BCUT2D eigenvalue weighted by atomic mass is 9.96. The number of carbonyl (C=O) groups excluding carboxylic acids is 4. The maximum absolute atomic E-state index is 13.6. The molecule has 150 valence electrons. The summed E-state index contributed by atoms with van der Waals surface area (Å²) in [5.74, 6) is -4.42. The van der Waals surface area contributed by atoms with Gasteiger partial charge in [0, 0.05) is 0 Å². The molecule has 0 aromatic heterocycles. The zero-order valence-electron chi connectivity index (χ0n) is 15.3. The van der Waals surface area contributed by atoms with Crippen LogP contribution in [-0.2, 0) is 19.1 Å². The van der Waals surface area contributed by atoms with Crippen LogP contribution in [0.1, 0.15) is 26.7 Å². The molecule has 0 spiro atoms. The SMILES string of the molecule is C[C@@H](OC(=O)CN1C(=O)N[C@@](C)(C2CC2)C1=O)C(=O)Nc1c(F)cccc1F. The molecule has 1 aliphatic carbocycles. The Labute approximate surface area is 159 Å². The predicted molar refractivity (Wildman–Crippen MR) is 91.9 cm³/mol. The predicted octanol–water partition coefficient (Wildman–Crippen LogP) is 1.56. The summed E-state index contributed by atoms with van der Waals surface area (Å²) in [6.07, 6.45) is 0.219. The normalized spacial score (nSPS) is 22.6. The van der Waals surface area contributed by atoms with Crippen molar-refractivity contribution in [1.29, 1.82) is 0 Å². The van der Waals surface area contributed by atoms with Gasteiger partial charge in [-0.15, -0.1) is 0 Å². The van der Waals surface area contributed by atoms with Crippen molar-refractivity contribution in [3.05, 3.63) is 29.8 Å². The fourth-order valence-corrected chi connectivity index (χ4v) is 3.06. The molecule has 0 unspecified atom stereocenters. The number of halogens is 2. The molecule has 1 aromatic rings. The van der Waals surface area contributed by atoms with Crippen molar-refractivity contribution in [2.45, 2.75) is 38.3 Å². The number of imide groups is 1. The Balaban J connectivity index is 1.58. The summed E-state index contributed by atoms with van der Waals surface area (Å²) < 4.78 is 32.1. The molecule has 3 rings (SSSR count). The second-order valence-electron chi connectivity index (χ2n) is 7.02. The maximum Gasteiger partial charge on any atom is 0.327 e. The first-order valence-electron chi connectivity index (χ1n) is 8.72. The molecule has 2 atom stereocenters. The minimum atomic E-state index is -1.40. The van der Waals surface area contributed by atoms with E-state index in [0.717, 1.165) is 35.9 Å². The van der Waals surface area contributed by atoms with E-state index < -0.39 is 59.3 Å². The van der Waals surface area contributed by atoms with E-state index in [1.165, 1.54) is 6.92 Å². The lowest BCUT2D eigenvalue weighted by Gasteiger charge is -2.21. The van der Waals surface area contributed by atoms with Crippen LogP contribution in [0.15, 0.2) is 18.2 Å². The topological polar surface area (TPSA) is 105 Å². The average Bonchev–Trinajstić information content (AvgIpc) is 3.44. The number of nitrogens with one attached hydrogen (secondary N) is 2. The second kappa shape index (κ2) is 7.17. The van der Waals surface area contributed by atoms with Crippen LogP contribution < -0.4 is 10.6 Å². The largest absolute Gasteiger partial charge is 0.451 e. The highest BCUT2D eigenvalue weighted by Crippen LogP contribution is 2.42. The first-order valence-corrected chi connectivity index (χ1v) is 8.72. The monoisotopic (exact) mass is 395 g/mol. The lowest BCUT2D eigenvalue weighted by molar-refractivity contribution is -0.155. The Hall–Kier alpha value is -3.04. The highest BCUT2D eigenvalue weighted by molar-refractivity contribution is 6.09. The number of anilines is 1. The third-order valence-electron chi connectivity index (χ3n) is 4.87. The number of benzene rings is 1. The Morgan fingerprint density at radius 2 is 1.93 bits per heavy atom. The highest BCUT2D eigenvalue weighted by Gasteiger charge is 2.56. The Bertz CT molecular complexity index is 837. The number of carbonyl (C=O) groups is 4. The average molecular weight is 395 g/mol. The third kappa shape index (κ3) is 3.67. The molecule has 1 heterocycles. The van der Waals surface area contributed by atoms with Crippen molar-refractivity contribution in [2.24, 2.45) is 5.92 Å². The van der Waals surface area contributed by atoms with Crippen molar-refractivity contribution in [1.82, 2.24) is 10.2 Å². The molecule has 2 aliphatic rings. The van der Waals surface area contributed by atoms with Gasteiger partial charge >= 0.3 is 12.0 Å². The molecule has 2 fully saturated rings. The van der Waals surface area contributed by atoms with Crippen molar-refractivity contribution < 1.29 is 32.7 Å². The van der Waals surface area contributed by atoms with Crippen molar-refractivity contribution in [3.63, 3.8) is 0 Å². The van der Waals surface area contributed by atoms with Gasteiger partial charge in [0.05, 0.1) is 0 Å². The van der Waals surface area contributed by atoms with Gasteiger partial charge in [-0.1, -0.05) is 6.07 Å². The van der Waals surface area contributed by atoms with Gasteiger partial charge in [-0.05, 0) is 44.7 Å². The van der Waals surface area contributed by atoms with E-state index >= 15 is 0 Å². The Kier molecular flexibility index (Phi) is 5.05. The van der Waals surface area contributed by atoms with Crippen LogP contribution in [0.2, 0.25) is 0 Å². The number of hydrogen-bond donors (Lipinski definition) is 2. The smallest absolute Gasteiger partial charge is 0.327 e. The number of esters is 1. The summed E-state index contributed by atoms with van der Waals surface area (Å²) in [5.41, 5.74) is -1.70. The Morgan fingerprint density at radius 1 is 1.32 bits per heavy atom. The molecule has 1 aliphatic heterocycles. The van der Waals surface area contributed by atoms with Crippen LogP contribution >= 0.6 is 0 Å². The summed E-state index contributed by atoms with van der Waals surface area (Å²) in [6, 6.07) is 2.35. The van der Waals surface area contributed by atoms with Gasteiger partial charge in [-0.25, -0.2) is 13.6 Å².